The molecule has 27 heavy (non-hydrogen) atoms. The van der Waals surface area contributed by atoms with Gasteiger partial charge in [-0.3, -0.25) is 14.9 Å². The molecule has 0 spiro atoms. The number of hydrogen-bond donors (Lipinski definition) is 0. The van der Waals surface area contributed by atoms with E-state index in [1.54, 1.807) is 12.4 Å². The van der Waals surface area contributed by atoms with Crippen molar-refractivity contribution in [2.24, 2.45) is 0 Å². The zero-order valence-electron chi connectivity index (χ0n) is 15.2. The fraction of sp³-hybridized carbons (Fsp3) is 0.333. The lowest BCUT2D eigenvalue weighted by molar-refractivity contribution is -0.0133. The normalized spacial score (nSPS) is 17.7. The summed E-state index contributed by atoms with van der Waals surface area (Å²) in [5, 5.41) is 0. The molecule has 0 aromatic carbocycles. The van der Waals surface area contributed by atoms with Crippen molar-refractivity contribution >= 4 is 0 Å². The first-order chi connectivity index (χ1) is 13.4. The Morgan fingerprint density at radius 3 is 2.52 bits per heavy atom. The van der Waals surface area contributed by atoms with E-state index >= 15 is 0 Å². The maximum absolute atomic E-state index is 6.07. The summed E-state index contributed by atoms with van der Waals surface area (Å²) >= 11 is 0. The van der Waals surface area contributed by atoms with Crippen LogP contribution in [0.5, 0.6) is 0 Å². The lowest BCUT2D eigenvalue weighted by Gasteiger charge is -2.32. The minimum atomic E-state index is 0.245. The third-order valence-electron chi connectivity index (χ3n) is 4.66. The molecule has 1 unspecified atom stereocenters. The lowest BCUT2D eigenvalue weighted by atomic mass is 10.1. The Hall–Kier alpha value is -2.70. The number of pyridine rings is 2. The molecule has 6 heteroatoms. The first-order valence-electron chi connectivity index (χ1n) is 9.33. The van der Waals surface area contributed by atoms with E-state index in [1.807, 2.05) is 48.8 Å². The van der Waals surface area contributed by atoms with E-state index in [9.17, 15) is 0 Å². The van der Waals surface area contributed by atoms with Crippen LogP contribution in [0.1, 0.15) is 24.1 Å². The molecule has 3 aromatic heterocycles. The molecule has 0 bridgehead atoms. The number of likely N-dealkylation sites (tertiary alicyclic amines) is 1. The quantitative estimate of drug-likeness (QED) is 0.672. The van der Waals surface area contributed by atoms with Crippen LogP contribution in [0.2, 0.25) is 0 Å². The van der Waals surface area contributed by atoms with Crippen molar-refractivity contribution < 1.29 is 4.74 Å². The summed E-state index contributed by atoms with van der Waals surface area (Å²) in [5.74, 6) is 0.662. The highest BCUT2D eigenvalue weighted by molar-refractivity contribution is 5.47. The SMILES string of the molecule is c1ccc(COC2CCCN(Cc3cnc(-c4ccccn4)nc3)C2)nc1. The summed E-state index contributed by atoms with van der Waals surface area (Å²) in [6, 6.07) is 11.7. The van der Waals surface area contributed by atoms with Gasteiger partial charge in [0.15, 0.2) is 5.82 Å². The van der Waals surface area contributed by atoms with E-state index in [-0.39, 0.29) is 6.10 Å². The first kappa shape index (κ1) is 17.7. The van der Waals surface area contributed by atoms with Crippen molar-refractivity contribution in [3.05, 3.63) is 72.4 Å². The predicted octanol–water partition coefficient (Wildman–Crippen LogP) is 3.11. The van der Waals surface area contributed by atoms with Crippen molar-refractivity contribution in [3.63, 3.8) is 0 Å². The zero-order chi connectivity index (χ0) is 18.3. The molecular weight excluding hydrogens is 338 g/mol. The topological polar surface area (TPSA) is 64.0 Å². The number of ether oxygens (including phenoxy) is 1. The maximum atomic E-state index is 6.07. The van der Waals surface area contributed by atoms with E-state index in [2.05, 4.69) is 24.8 Å². The Balaban J connectivity index is 1.31. The summed E-state index contributed by atoms with van der Waals surface area (Å²) in [6.45, 7) is 3.41. The van der Waals surface area contributed by atoms with Crippen LogP contribution < -0.4 is 0 Å². The standard InChI is InChI=1S/C21H23N5O/c1-3-9-22-18(6-1)16-27-19-7-5-11-26(15-19)14-17-12-24-21(25-13-17)20-8-2-4-10-23-20/h1-4,6,8-10,12-13,19H,5,7,11,14-16H2. The zero-order valence-corrected chi connectivity index (χ0v) is 15.2. The van der Waals surface area contributed by atoms with E-state index in [0.717, 1.165) is 49.4 Å². The number of piperidine rings is 1. The average molecular weight is 361 g/mol. The third kappa shape index (κ3) is 4.93. The molecule has 4 heterocycles. The molecule has 1 fully saturated rings. The molecule has 3 aromatic rings. The lowest BCUT2D eigenvalue weighted by Crippen LogP contribution is -2.39. The highest BCUT2D eigenvalue weighted by Crippen LogP contribution is 2.17. The Morgan fingerprint density at radius 1 is 0.963 bits per heavy atom. The van der Waals surface area contributed by atoms with Gasteiger partial charge in [0, 0.05) is 43.4 Å². The van der Waals surface area contributed by atoms with Gasteiger partial charge in [0.25, 0.3) is 0 Å². The number of rotatable bonds is 6. The molecule has 4 rings (SSSR count). The highest BCUT2D eigenvalue weighted by Gasteiger charge is 2.21. The van der Waals surface area contributed by atoms with Crippen LogP contribution >= 0.6 is 0 Å². The van der Waals surface area contributed by atoms with Crippen LogP contribution in [0.4, 0.5) is 0 Å². The van der Waals surface area contributed by atoms with Crippen molar-refractivity contribution in [1.82, 2.24) is 24.8 Å². The largest absolute Gasteiger partial charge is 0.371 e. The van der Waals surface area contributed by atoms with Crippen LogP contribution in [0.25, 0.3) is 11.5 Å². The molecule has 6 nitrogen and oxygen atoms in total. The fourth-order valence-electron chi connectivity index (χ4n) is 3.30. The second kappa shape index (κ2) is 8.79. The average Bonchev–Trinajstić information content (AvgIpc) is 2.75. The van der Waals surface area contributed by atoms with Crippen molar-refractivity contribution in [2.45, 2.75) is 32.1 Å². The molecule has 0 aliphatic carbocycles. The third-order valence-corrected chi connectivity index (χ3v) is 4.66. The van der Waals surface area contributed by atoms with E-state index < -0.39 is 0 Å². The van der Waals surface area contributed by atoms with E-state index in [4.69, 9.17) is 4.74 Å². The van der Waals surface area contributed by atoms with Gasteiger partial charge in [-0.1, -0.05) is 12.1 Å². The molecule has 1 aliphatic rings. The van der Waals surface area contributed by atoms with Gasteiger partial charge in [-0.25, -0.2) is 9.97 Å². The molecule has 0 amide bonds. The number of nitrogens with zero attached hydrogens (tertiary/aromatic N) is 5. The van der Waals surface area contributed by atoms with E-state index in [0.29, 0.717) is 12.4 Å². The Morgan fingerprint density at radius 2 is 1.78 bits per heavy atom. The number of aromatic nitrogens is 4. The van der Waals surface area contributed by atoms with Crippen LogP contribution in [0, 0.1) is 0 Å². The summed E-state index contributed by atoms with van der Waals surface area (Å²) in [6.07, 6.45) is 9.84. The van der Waals surface area contributed by atoms with Gasteiger partial charge in [0.05, 0.1) is 18.4 Å². The van der Waals surface area contributed by atoms with Gasteiger partial charge in [0.2, 0.25) is 0 Å². The van der Waals surface area contributed by atoms with Gasteiger partial charge >= 0.3 is 0 Å². The summed E-state index contributed by atoms with van der Waals surface area (Å²) in [4.78, 5) is 20.0. The van der Waals surface area contributed by atoms with Crippen molar-refractivity contribution in [1.29, 1.82) is 0 Å². The van der Waals surface area contributed by atoms with E-state index in [1.165, 1.54) is 0 Å². The summed E-state index contributed by atoms with van der Waals surface area (Å²) in [7, 11) is 0. The minimum absolute atomic E-state index is 0.245. The minimum Gasteiger partial charge on any atom is -0.371 e. The van der Waals surface area contributed by atoms with Crippen molar-refractivity contribution in [2.75, 3.05) is 13.1 Å². The van der Waals surface area contributed by atoms with Gasteiger partial charge < -0.3 is 4.74 Å². The van der Waals surface area contributed by atoms with Gasteiger partial charge in [-0.15, -0.1) is 0 Å². The Kier molecular flexibility index (Phi) is 5.76. The monoisotopic (exact) mass is 361 g/mol. The van der Waals surface area contributed by atoms with Gasteiger partial charge in [-0.05, 0) is 43.7 Å². The Bertz CT molecular complexity index is 826. The second-order valence-corrected chi connectivity index (χ2v) is 6.76. The summed E-state index contributed by atoms with van der Waals surface area (Å²) < 4.78 is 6.07. The fourth-order valence-corrected chi connectivity index (χ4v) is 3.30. The smallest absolute Gasteiger partial charge is 0.178 e. The molecular formula is C21H23N5O. The van der Waals surface area contributed by atoms with Gasteiger partial charge in [0.1, 0.15) is 5.69 Å². The summed E-state index contributed by atoms with van der Waals surface area (Å²) in [5.41, 5.74) is 2.89. The van der Waals surface area contributed by atoms with Gasteiger partial charge in [-0.2, -0.15) is 0 Å². The molecule has 0 radical (unpaired) electrons. The predicted molar refractivity (Wildman–Crippen MR) is 103 cm³/mol. The van der Waals surface area contributed by atoms with Crippen LogP contribution in [-0.2, 0) is 17.9 Å². The first-order valence-corrected chi connectivity index (χ1v) is 9.33. The second-order valence-electron chi connectivity index (χ2n) is 6.76. The van der Waals surface area contributed by atoms with Crippen LogP contribution in [0.3, 0.4) is 0 Å². The highest BCUT2D eigenvalue weighted by atomic mass is 16.5. The Labute approximate surface area is 159 Å². The maximum Gasteiger partial charge on any atom is 0.178 e. The van der Waals surface area contributed by atoms with Crippen molar-refractivity contribution in [3.8, 4) is 11.5 Å². The number of hydrogen-bond acceptors (Lipinski definition) is 6. The van der Waals surface area contributed by atoms with Crippen LogP contribution in [-0.4, -0.2) is 44.0 Å². The molecule has 138 valence electrons. The molecule has 0 N–H and O–H groups in total. The van der Waals surface area contributed by atoms with Crippen LogP contribution in [0.15, 0.2) is 61.2 Å². The molecule has 1 saturated heterocycles. The molecule has 1 atom stereocenters. The molecule has 1 aliphatic heterocycles. The molecule has 0 saturated carbocycles.